The third kappa shape index (κ3) is 8.46. The molecule has 0 saturated heterocycles. The highest BCUT2D eigenvalue weighted by Crippen LogP contribution is 2.08. The molecule has 0 rings (SSSR count). The van der Waals surface area contributed by atoms with Crippen LogP contribution < -0.4 is 0 Å². The van der Waals surface area contributed by atoms with Crippen LogP contribution in [0.1, 0.15) is 0 Å². The van der Waals surface area contributed by atoms with E-state index in [9.17, 15) is 9.59 Å². The molecule has 0 bridgehead atoms. The molecule has 10 nitrogen and oxygen atoms in total. The Balaban J connectivity index is 0. The monoisotopic (exact) mass is 384 g/mol. The fourth-order valence-corrected chi connectivity index (χ4v) is 3.24. The molecule has 0 radical (unpaired) electrons. The van der Waals surface area contributed by atoms with Crippen LogP contribution in [-0.2, 0) is 45.0 Å². The van der Waals surface area contributed by atoms with E-state index in [2.05, 4.69) is 13.2 Å². The fraction of sp³-hybridized carbons (Fsp3) is 0.500. The first-order valence-corrected chi connectivity index (χ1v) is 9.56. The minimum atomic E-state index is -3.22. The zero-order chi connectivity index (χ0) is 19.2. The van der Waals surface area contributed by atoms with Crippen molar-refractivity contribution in [3.8, 4) is 0 Å². The molecule has 0 aliphatic carbocycles. The molecule has 0 heterocycles. The van der Waals surface area contributed by atoms with E-state index in [0.717, 1.165) is 12.2 Å². The van der Waals surface area contributed by atoms with E-state index in [-0.39, 0.29) is 0 Å². The molecule has 0 aliphatic rings. The Labute approximate surface area is 143 Å². The molecule has 12 heteroatoms. The van der Waals surface area contributed by atoms with Crippen LogP contribution in [-0.4, -0.2) is 72.7 Å². The summed E-state index contributed by atoms with van der Waals surface area (Å²) in [6, 6.07) is 0. The number of hydrogen-bond donors (Lipinski definition) is 0. The van der Waals surface area contributed by atoms with Crippen molar-refractivity contribution in [1.82, 2.24) is 0 Å². The van der Waals surface area contributed by atoms with E-state index in [4.69, 9.17) is 35.4 Å². The van der Waals surface area contributed by atoms with E-state index < -0.39 is 30.0 Å². The van der Waals surface area contributed by atoms with Crippen LogP contribution in [0.4, 0.5) is 0 Å². The van der Waals surface area contributed by atoms with Gasteiger partial charge < -0.3 is 35.4 Å². The van der Waals surface area contributed by atoms with E-state index in [1.165, 1.54) is 42.7 Å². The zero-order valence-electron chi connectivity index (χ0n) is 14.7. The van der Waals surface area contributed by atoms with E-state index in [1.807, 2.05) is 0 Å². The highest BCUT2D eigenvalue weighted by atomic mass is 28.4. The summed E-state index contributed by atoms with van der Waals surface area (Å²) in [7, 11) is 1.61. The van der Waals surface area contributed by atoms with Gasteiger partial charge in [-0.3, -0.25) is 0 Å². The minimum Gasteiger partial charge on any atom is -0.449 e. The summed E-state index contributed by atoms with van der Waals surface area (Å²) in [5.41, 5.74) is 0. The molecule has 0 fully saturated rings. The van der Waals surface area contributed by atoms with Gasteiger partial charge in [-0.1, -0.05) is 13.2 Å². The highest BCUT2D eigenvalue weighted by Gasteiger charge is 2.47. The molecular formula is C12H24O10Si2. The third-order valence-electron chi connectivity index (χ3n) is 2.28. The van der Waals surface area contributed by atoms with Gasteiger partial charge in [0.2, 0.25) is 0 Å². The SMILES string of the molecule is C=CC(=O)O[Si](OC)(OC)OC.C=CC(=O)O[Si](OC)(OC)OC. The lowest BCUT2D eigenvalue weighted by Crippen LogP contribution is -2.47. The predicted molar refractivity (Wildman–Crippen MR) is 86.1 cm³/mol. The van der Waals surface area contributed by atoms with Crippen molar-refractivity contribution in [3.05, 3.63) is 25.3 Å². The van der Waals surface area contributed by atoms with E-state index in [0.29, 0.717) is 0 Å². The Morgan fingerprint density at radius 3 is 0.958 bits per heavy atom. The molecule has 0 saturated carbocycles. The van der Waals surface area contributed by atoms with Gasteiger partial charge in [-0.05, 0) is 0 Å². The Bertz CT molecular complexity index is 352. The summed E-state index contributed by atoms with van der Waals surface area (Å²) in [6.45, 7) is 6.46. The van der Waals surface area contributed by atoms with E-state index >= 15 is 0 Å². The Morgan fingerprint density at radius 1 is 0.625 bits per heavy atom. The second kappa shape index (κ2) is 13.0. The molecule has 0 aromatic heterocycles. The van der Waals surface area contributed by atoms with Crippen LogP contribution >= 0.6 is 0 Å². The third-order valence-corrected chi connectivity index (χ3v) is 6.19. The Morgan fingerprint density at radius 2 is 0.833 bits per heavy atom. The van der Waals surface area contributed by atoms with Crippen LogP contribution in [0.2, 0.25) is 0 Å². The van der Waals surface area contributed by atoms with Crippen molar-refractivity contribution < 1.29 is 45.0 Å². The Hall–Kier alpha value is -1.39. The minimum absolute atomic E-state index is 0.632. The van der Waals surface area contributed by atoms with Gasteiger partial charge in [0, 0.05) is 54.8 Å². The highest BCUT2D eigenvalue weighted by molar-refractivity contribution is 6.56. The van der Waals surface area contributed by atoms with Gasteiger partial charge in [0.05, 0.1) is 0 Å². The van der Waals surface area contributed by atoms with Crippen LogP contribution in [0, 0.1) is 0 Å². The van der Waals surface area contributed by atoms with Crippen molar-refractivity contribution in [2.24, 2.45) is 0 Å². The summed E-state index contributed by atoms with van der Waals surface area (Å²) < 4.78 is 38.4. The molecule has 0 spiro atoms. The maximum Gasteiger partial charge on any atom is 0.751 e. The van der Waals surface area contributed by atoms with Crippen molar-refractivity contribution in [2.75, 3.05) is 42.7 Å². The summed E-state index contributed by atoms with van der Waals surface area (Å²) in [5.74, 6) is -1.26. The van der Waals surface area contributed by atoms with Gasteiger partial charge in [-0.2, -0.15) is 0 Å². The fourth-order valence-electron chi connectivity index (χ4n) is 1.08. The van der Waals surface area contributed by atoms with Gasteiger partial charge in [0.25, 0.3) is 0 Å². The summed E-state index contributed by atoms with van der Waals surface area (Å²) >= 11 is 0. The number of hydrogen-bond acceptors (Lipinski definition) is 10. The van der Waals surface area contributed by atoms with Gasteiger partial charge in [-0.25, -0.2) is 9.59 Å². The largest absolute Gasteiger partial charge is 0.751 e. The average molecular weight is 384 g/mol. The molecule has 0 unspecified atom stereocenters. The van der Waals surface area contributed by atoms with Crippen molar-refractivity contribution in [3.63, 3.8) is 0 Å². The molecule has 0 aliphatic heterocycles. The lowest BCUT2D eigenvalue weighted by molar-refractivity contribution is -0.138. The van der Waals surface area contributed by atoms with Gasteiger partial charge >= 0.3 is 30.0 Å². The molecular weight excluding hydrogens is 360 g/mol. The van der Waals surface area contributed by atoms with Crippen LogP contribution in [0.15, 0.2) is 25.3 Å². The summed E-state index contributed by atoms with van der Waals surface area (Å²) in [6.07, 6.45) is 2.03. The summed E-state index contributed by atoms with van der Waals surface area (Å²) in [4.78, 5) is 21.5. The summed E-state index contributed by atoms with van der Waals surface area (Å²) in [5, 5.41) is 0. The standard InChI is InChI=1S/2C6H12O5Si/c2*1-5-6(7)11-12(8-2,9-3)10-4/h2*5H,1H2,2-4H3. The molecule has 140 valence electrons. The van der Waals surface area contributed by atoms with Crippen molar-refractivity contribution in [1.29, 1.82) is 0 Å². The average Bonchev–Trinajstić information content (AvgIpc) is 2.64. The second-order valence-electron chi connectivity index (χ2n) is 3.48. The number of carbonyl (C=O) groups excluding carboxylic acids is 2. The maximum atomic E-state index is 10.8. The van der Waals surface area contributed by atoms with Gasteiger partial charge in [-0.15, -0.1) is 0 Å². The first kappa shape index (κ1) is 24.9. The van der Waals surface area contributed by atoms with Crippen LogP contribution in [0.25, 0.3) is 0 Å². The zero-order valence-corrected chi connectivity index (χ0v) is 16.7. The second-order valence-corrected chi connectivity index (χ2v) is 8.33. The lowest BCUT2D eigenvalue weighted by Gasteiger charge is -2.21. The predicted octanol–water partition coefficient (Wildman–Crippen LogP) is 0.181. The number of carbonyl (C=O) groups is 2. The first-order valence-electron chi connectivity index (χ1n) is 6.29. The molecule has 0 N–H and O–H groups in total. The molecule has 0 aromatic carbocycles. The molecule has 24 heavy (non-hydrogen) atoms. The van der Waals surface area contributed by atoms with Crippen molar-refractivity contribution in [2.45, 2.75) is 0 Å². The topological polar surface area (TPSA) is 108 Å². The quantitative estimate of drug-likeness (QED) is 0.382. The normalized spacial score (nSPS) is 10.9. The maximum absolute atomic E-state index is 10.8. The molecule has 0 amide bonds. The molecule has 0 aromatic rings. The number of rotatable bonds is 10. The first-order chi connectivity index (χ1) is 11.3. The smallest absolute Gasteiger partial charge is 0.449 e. The lowest BCUT2D eigenvalue weighted by atomic mass is 10.7. The van der Waals surface area contributed by atoms with Gasteiger partial charge in [0.15, 0.2) is 0 Å². The van der Waals surface area contributed by atoms with Crippen LogP contribution in [0.5, 0.6) is 0 Å². The van der Waals surface area contributed by atoms with Gasteiger partial charge in [0.1, 0.15) is 0 Å². The molecule has 0 atom stereocenters. The Kier molecular flexibility index (Phi) is 13.4. The van der Waals surface area contributed by atoms with Crippen molar-refractivity contribution >= 4 is 30.0 Å². The van der Waals surface area contributed by atoms with E-state index in [1.54, 1.807) is 0 Å². The van der Waals surface area contributed by atoms with Crippen LogP contribution in [0.3, 0.4) is 0 Å².